The third kappa shape index (κ3) is 9.44. The molecule has 0 aliphatic carbocycles. The van der Waals surface area contributed by atoms with E-state index >= 15 is 0 Å². The topological polar surface area (TPSA) is 54.4 Å². The van der Waals surface area contributed by atoms with Crippen LogP contribution in [0.2, 0.25) is 0 Å². The molecule has 0 aromatic heterocycles. The molecule has 0 bridgehead atoms. The number of aliphatic carboxylic acids is 1. The van der Waals surface area contributed by atoms with Crippen LogP contribution in [0.1, 0.15) is 58.8 Å². The minimum absolute atomic E-state index is 0.0267. The lowest BCUT2D eigenvalue weighted by Crippen LogP contribution is -2.09. The third-order valence-corrected chi connectivity index (χ3v) is 2.41. The van der Waals surface area contributed by atoms with Crippen LogP contribution in [0.4, 0.5) is 0 Å². The van der Waals surface area contributed by atoms with E-state index in [-0.39, 0.29) is 18.1 Å². The first-order valence-electron chi connectivity index (χ1n) is 5.79. The molecule has 0 amide bonds. The van der Waals surface area contributed by atoms with E-state index in [1.165, 1.54) is 12.8 Å². The molecule has 0 fully saturated rings. The summed E-state index contributed by atoms with van der Waals surface area (Å²) in [5.41, 5.74) is 0. The van der Waals surface area contributed by atoms with Crippen LogP contribution in [0.5, 0.6) is 0 Å². The molecule has 1 atom stereocenters. The zero-order valence-electron chi connectivity index (χ0n) is 9.79. The summed E-state index contributed by atoms with van der Waals surface area (Å²) in [7, 11) is 0. The molecule has 88 valence electrons. The molecule has 1 N–H and O–H groups in total. The number of Topliss-reactive ketones (excluding diaryl/α,β-unsaturated/α-hetero) is 1. The Balaban J connectivity index is 3.51. The van der Waals surface area contributed by atoms with Crippen molar-refractivity contribution in [3.8, 4) is 0 Å². The van der Waals surface area contributed by atoms with Gasteiger partial charge in [-0.3, -0.25) is 9.59 Å². The highest BCUT2D eigenvalue weighted by molar-refractivity contribution is 5.79. The van der Waals surface area contributed by atoms with Crippen molar-refractivity contribution in [1.82, 2.24) is 0 Å². The van der Waals surface area contributed by atoms with Crippen molar-refractivity contribution in [2.24, 2.45) is 5.92 Å². The van der Waals surface area contributed by atoms with E-state index in [4.69, 9.17) is 5.11 Å². The number of carboxylic acid groups (broad SMARTS) is 1. The van der Waals surface area contributed by atoms with Gasteiger partial charge in [-0.15, -0.1) is 0 Å². The Morgan fingerprint density at radius 3 is 2.33 bits per heavy atom. The highest BCUT2D eigenvalue weighted by Gasteiger charge is 2.11. The largest absolute Gasteiger partial charge is 0.481 e. The van der Waals surface area contributed by atoms with Crippen LogP contribution < -0.4 is 0 Å². The van der Waals surface area contributed by atoms with Gasteiger partial charge < -0.3 is 5.11 Å². The van der Waals surface area contributed by atoms with Crippen molar-refractivity contribution in [3.63, 3.8) is 0 Å². The minimum atomic E-state index is -0.818. The first kappa shape index (κ1) is 14.1. The molecule has 0 saturated heterocycles. The van der Waals surface area contributed by atoms with Crippen molar-refractivity contribution < 1.29 is 14.7 Å². The van der Waals surface area contributed by atoms with E-state index in [1.54, 1.807) is 0 Å². The van der Waals surface area contributed by atoms with Crippen molar-refractivity contribution in [2.75, 3.05) is 0 Å². The van der Waals surface area contributed by atoms with E-state index in [0.717, 1.165) is 12.8 Å². The van der Waals surface area contributed by atoms with Crippen molar-refractivity contribution in [3.05, 3.63) is 0 Å². The van der Waals surface area contributed by atoms with Crippen LogP contribution in [0.25, 0.3) is 0 Å². The number of rotatable bonds is 9. The molecular formula is C12H22O3. The van der Waals surface area contributed by atoms with Gasteiger partial charge in [-0.05, 0) is 12.3 Å². The summed E-state index contributed by atoms with van der Waals surface area (Å²) in [5.74, 6) is -0.637. The highest BCUT2D eigenvalue weighted by atomic mass is 16.4. The Kier molecular flexibility index (Phi) is 7.96. The van der Waals surface area contributed by atoms with Gasteiger partial charge in [-0.25, -0.2) is 0 Å². The Labute approximate surface area is 91.9 Å². The van der Waals surface area contributed by atoms with E-state index in [1.807, 2.05) is 6.92 Å². The SMILES string of the molecule is CCCCCCC(=O)C[C@@H](C)CC(=O)O. The molecule has 0 radical (unpaired) electrons. The second-order valence-electron chi connectivity index (χ2n) is 4.26. The summed E-state index contributed by atoms with van der Waals surface area (Å²) in [6.07, 6.45) is 5.53. The number of unbranched alkanes of at least 4 members (excludes halogenated alkanes) is 3. The Hall–Kier alpha value is -0.860. The zero-order valence-corrected chi connectivity index (χ0v) is 9.79. The van der Waals surface area contributed by atoms with Crippen LogP contribution >= 0.6 is 0 Å². The Morgan fingerprint density at radius 2 is 1.80 bits per heavy atom. The maximum Gasteiger partial charge on any atom is 0.303 e. The number of carbonyl (C=O) groups excluding carboxylic acids is 1. The molecule has 0 saturated carbocycles. The third-order valence-electron chi connectivity index (χ3n) is 2.41. The summed E-state index contributed by atoms with van der Waals surface area (Å²) in [6, 6.07) is 0. The van der Waals surface area contributed by atoms with E-state index < -0.39 is 5.97 Å². The molecule has 0 heterocycles. The molecule has 15 heavy (non-hydrogen) atoms. The predicted molar refractivity (Wildman–Crippen MR) is 59.8 cm³/mol. The standard InChI is InChI=1S/C12H22O3/c1-3-4-5-6-7-11(13)8-10(2)9-12(14)15/h10H,3-9H2,1-2H3,(H,14,15)/t10-/m1/s1. The quantitative estimate of drug-likeness (QED) is 0.600. The maximum atomic E-state index is 11.4. The van der Waals surface area contributed by atoms with Crippen LogP contribution in [0.15, 0.2) is 0 Å². The summed E-state index contributed by atoms with van der Waals surface area (Å²) in [5, 5.41) is 8.53. The first-order valence-corrected chi connectivity index (χ1v) is 5.79. The molecule has 0 aliphatic rings. The van der Waals surface area contributed by atoms with Gasteiger partial charge in [0.15, 0.2) is 0 Å². The molecule has 0 spiro atoms. The smallest absolute Gasteiger partial charge is 0.303 e. The first-order chi connectivity index (χ1) is 7.06. The number of carboxylic acids is 1. The summed E-state index contributed by atoms with van der Waals surface area (Å²) >= 11 is 0. The van der Waals surface area contributed by atoms with E-state index in [0.29, 0.717) is 12.8 Å². The van der Waals surface area contributed by atoms with Gasteiger partial charge >= 0.3 is 5.97 Å². The average molecular weight is 214 g/mol. The fourth-order valence-electron chi connectivity index (χ4n) is 1.61. The maximum absolute atomic E-state index is 11.4. The number of carbonyl (C=O) groups is 2. The molecule has 0 aromatic rings. The highest BCUT2D eigenvalue weighted by Crippen LogP contribution is 2.11. The van der Waals surface area contributed by atoms with Gasteiger partial charge in [-0.2, -0.15) is 0 Å². The van der Waals surface area contributed by atoms with Crippen molar-refractivity contribution in [2.45, 2.75) is 58.8 Å². The zero-order chi connectivity index (χ0) is 11.7. The predicted octanol–water partition coefficient (Wildman–Crippen LogP) is 3.03. The second-order valence-corrected chi connectivity index (χ2v) is 4.26. The van der Waals surface area contributed by atoms with Gasteiger partial charge in [0.2, 0.25) is 0 Å². The molecule has 0 rings (SSSR count). The number of hydrogen-bond acceptors (Lipinski definition) is 2. The molecule has 0 unspecified atom stereocenters. The van der Waals surface area contributed by atoms with Crippen LogP contribution in [-0.4, -0.2) is 16.9 Å². The molecule has 3 nitrogen and oxygen atoms in total. The van der Waals surface area contributed by atoms with Crippen molar-refractivity contribution >= 4 is 11.8 Å². The fraction of sp³-hybridized carbons (Fsp3) is 0.833. The monoisotopic (exact) mass is 214 g/mol. The Bertz CT molecular complexity index is 199. The van der Waals surface area contributed by atoms with E-state index in [9.17, 15) is 9.59 Å². The van der Waals surface area contributed by atoms with E-state index in [2.05, 4.69) is 6.92 Å². The Morgan fingerprint density at radius 1 is 1.13 bits per heavy atom. The molecule has 0 aromatic carbocycles. The number of hydrogen-bond donors (Lipinski definition) is 1. The molecule has 0 aliphatic heterocycles. The van der Waals surface area contributed by atoms with Crippen LogP contribution in [-0.2, 0) is 9.59 Å². The van der Waals surface area contributed by atoms with Gasteiger partial charge in [0, 0.05) is 19.3 Å². The lowest BCUT2D eigenvalue weighted by molar-refractivity contribution is -0.138. The lowest BCUT2D eigenvalue weighted by atomic mass is 9.98. The summed E-state index contributed by atoms with van der Waals surface area (Å²) in [4.78, 5) is 21.8. The normalized spacial score (nSPS) is 12.4. The summed E-state index contributed by atoms with van der Waals surface area (Å²) < 4.78 is 0. The lowest BCUT2D eigenvalue weighted by Gasteiger charge is -2.07. The van der Waals surface area contributed by atoms with Gasteiger partial charge in [-0.1, -0.05) is 33.1 Å². The average Bonchev–Trinajstić information content (AvgIpc) is 2.10. The van der Waals surface area contributed by atoms with Crippen molar-refractivity contribution in [1.29, 1.82) is 0 Å². The fourth-order valence-corrected chi connectivity index (χ4v) is 1.61. The van der Waals surface area contributed by atoms with Gasteiger partial charge in [0.05, 0.1) is 0 Å². The van der Waals surface area contributed by atoms with Crippen LogP contribution in [0.3, 0.4) is 0 Å². The van der Waals surface area contributed by atoms with Gasteiger partial charge in [0.1, 0.15) is 5.78 Å². The minimum Gasteiger partial charge on any atom is -0.481 e. The van der Waals surface area contributed by atoms with Gasteiger partial charge in [0.25, 0.3) is 0 Å². The number of ketones is 1. The summed E-state index contributed by atoms with van der Waals surface area (Å²) in [6.45, 7) is 3.95. The van der Waals surface area contributed by atoms with Crippen LogP contribution in [0, 0.1) is 5.92 Å². The molecular weight excluding hydrogens is 192 g/mol. The second kappa shape index (κ2) is 8.45. The molecule has 3 heteroatoms.